The third-order valence-corrected chi connectivity index (χ3v) is 6.67. The van der Waals surface area contributed by atoms with E-state index in [2.05, 4.69) is 4.37 Å². The minimum atomic E-state index is -4.82. The minimum Gasteiger partial charge on any atom is -0.338 e. The summed E-state index contributed by atoms with van der Waals surface area (Å²) in [4.78, 5) is 25.0. The number of hydrogen-bond donors (Lipinski definition) is 0. The van der Waals surface area contributed by atoms with Crippen LogP contribution in [0.2, 0.25) is 0 Å². The summed E-state index contributed by atoms with van der Waals surface area (Å²) in [6.07, 6.45) is -5.58. The van der Waals surface area contributed by atoms with Crippen molar-refractivity contribution >= 4 is 21.6 Å². The van der Waals surface area contributed by atoms with Crippen molar-refractivity contribution in [1.29, 1.82) is 0 Å². The molecular formula is C20H20F3N3O4S. The first-order valence-corrected chi connectivity index (χ1v) is 10.2. The highest BCUT2D eigenvalue weighted by atomic mass is 32.1. The molecule has 0 spiro atoms. The summed E-state index contributed by atoms with van der Waals surface area (Å²) in [7, 11) is 0.974. The Morgan fingerprint density at radius 3 is 2.26 bits per heavy atom. The summed E-state index contributed by atoms with van der Waals surface area (Å²) in [5.41, 5.74) is -4.05. The number of halogens is 3. The maximum atomic E-state index is 13.1. The molecule has 31 heavy (non-hydrogen) atoms. The quantitative estimate of drug-likeness (QED) is 0.588. The minimum absolute atomic E-state index is 0.129. The molecule has 0 N–H and O–H groups in total. The van der Waals surface area contributed by atoms with Gasteiger partial charge in [0.05, 0.1) is 21.6 Å². The third-order valence-electron chi connectivity index (χ3n) is 5.83. The van der Waals surface area contributed by atoms with Crippen molar-refractivity contribution < 1.29 is 22.6 Å². The van der Waals surface area contributed by atoms with Crippen LogP contribution in [0.5, 0.6) is 0 Å². The van der Waals surface area contributed by atoms with Crippen LogP contribution in [-0.4, -0.2) is 24.7 Å². The fourth-order valence-corrected chi connectivity index (χ4v) is 4.12. The maximum Gasteiger partial charge on any atom is 0.431 e. The average molecular weight is 455 g/mol. The highest BCUT2D eigenvalue weighted by Crippen LogP contribution is 2.46. The lowest BCUT2D eigenvalue weighted by molar-refractivity contribution is -0.144. The molecule has 4 rings (SSSR count). The number of fused-ring (bicyclic) bond motifs is 1. The largest absolute Gasteiger partial charge is 0.431 e. The second kappa shape index (κ2) is 6.75. The van der Waals surface area contributed by atoms with Crippen LogP contribution < -0.4 is 11.2 Å². The molecule has 0 radical (unpaired) electrons. The van der Waals surface area contributed by atoms with E-state index in [1.165, 1.54) is 23.7 Å². The van der Waals surface area contributed by atoms with Gasteiger partial charge in [0.25, 0.3) is 5.56 Å². The topological polar surface area (TPSA) is 75.3 Å². The molecule has 0 atom stereocenters. The number of rotatable bonds is 2. The zero-order chi connectivity index (χ0) is 22.9. The molecule has 0 unspecified atom stereocenters. The summed E-state index contributed by atoms with van der Waals surface area (Å²) >= 11 is 1.19. The van der Waals surface area contributed by atoms with Crippen LogP contribution in [0.1, 0.15) is 45.4 Å². The number of benzene rings is 1. The molecule has 3 aromatic rings. The number of ether oxygens (including phenoxy) is 2. The number of nitrogens with zero attached hydrogens (tertiary/aromatic N) is 3. The van der Waals surface area contributed by atoms with E-state index in [1.807, 2.05) is 27.7 Å². The van der Waals surface area contributed by atoms with Crippen LogP contribution in [0.25, 0.3) is 15.8 Å². The van der Waals surface area contributed by atoms with E-state index < -0.39 is 40.6 Å². The van der Waals surface area contributed by atoms with Gasteiger partial charge in [-0.05, 0) is 57.4 Å². The first kappa shape index (κ1) is 21.7. The predicted molar refractivity (Wildman–Crippen MR) is 109 cm³/mol. The van der Waals surface area contributed by atoms with Gasteiger partial charge in [0, 0.05) is 18.5 Å². The zero-order valence-corrected chi connectivity index (χ0v) is 18.2. The molecule has 1 aromatic carbocycles. The van der Waals surface area contributed by atoms with E-state index in [4.69, 9.17) is 9.47 Å². The first-order valence-electron chi connectivity index (χ1n) is 9.38. The molecule has 166 valence electrons. The molecule has 0 saturated carbocycles. The van der Waals surface area contributed by atoms with Crippen LogP contribution in [-0.2, 0) is 22.7 Å². The highest BCUT2D eigenvalue weighted by molar-refractivity contribution is 7.13. The zero-order valence-electron chi connectivity index (χ0n) is 17.4. The Kier molecular flexibility index (Phi) is 4.73. The van der Waals surface area contributed by atoms with Crippen molar-refractivity contribution in [2.24, 2.45) is 7.05 Å². The SMILES string of the molecule is Cn1c(C(F)(F)F)cc(=O)n(-c2ccc3snc(C4OC(C)(C)C(C)(C)O4)c3c2)c1=O. The van der Waals surface area contributed by atoms with Gasteiger partial charge in [-0.1, -0.05) is 0 Å². The standard InChI is InChI=1S/C20H20F3N3O4S/c1-18(2)19(3,4)30-16(29-18)15-11-8-10(6-7-12(11)31-24-15)26-14(27)9-13(20(21,22)23)25(5)17(26)28/h6-9,16H,1-5H3. The van der Waals surface area contributed by atoms with E-state index >= 15 is 0 Å². The normalized spacial score (nSPS) is 18.7. The third kappa shape index (κ3) is 3.40. The molecule has 2 aromatic heterocycles. The molecule has 11 heteroatoms. The van der Waals surface area contributed by atoms with Crippen LogP contribution in [0.3, 0.4) is 0 Å². The monoisotopic (exact) mass is 455 g/mol. The van der Waals surface area contributed by atoms with E-state index in [9.17, 15) is 22.8 Å². The summed E-state index contributed by atoms with van der Waals surface area (Å²) in [6.45, 7) is 7.60. The molecule has 1 aliphatic heterocycles. The molecule has 1 fully saturated rings. The molecule has 3 heterocycles. The van der Waals surface area contributed by atoms with Crippen molar-refractivity contribution in [3.8, 4) is 5.69 Å². The molecular weight excluding hydrogens is 435 g/mol. The van der Waals surface area contributed by atoms with Gasteiger partial charge >= 0.3 is 11.9 Å². The van der Waals surface area contributed by atoms with Crippen LogP contribution in [0.4, 0.5) is 13.2 Å². The fourth-order valence-electron chi connectivity index (χ4n) is 3.34. The van der Waals surface area contributed by atoms with Gasteiger partial charge in [-0.25, -0.2) is 9.36 Å². The van der Waals surface area contributed by atoms with Crippen molar-refractivity contribution in [2.45, 2.75) is 51.4 Å². The molecule has 0 amide bonds. The lowest BCUT2D eigenvalue weighted by Gasteiger charge is -2.30. The van der Waals surface area contributed by atoms with Gasteiger partial charge in [-0.15, -0.1) is 0 Å². The van der Waals surface area contributed by atoms with E-state index in [0.29, 0.717) is 26.3 Å². The van der Waals surface area contributed by atoms with Gasteiger partial charge in [0.15, 0.2) is 0 Å². The van der Waals surface area contributed by atoms with Gasteiger partial charge in [-0.2, -0.15) is 17.5 Å². The second-order valence-electron chi connectivity index (χ2n) is 8.38. The number of hydrogen-bond acceptors (Lipinski definition) is 6. The van der Waals surface area contributed by atoms with Crippen LogP contribution >= 0.6 is 11.5 Å². The van der Waals surface area contributed by atoms with Crippen molar-refractivity contribution in [2.75, 3.05) is 0 Å². The Balaban J connectivity index is 1.86. The predicted octanol–water partition coefficient (Wildman–Crippen LogP) is 3.77. The van der Waals surface area contributed by atoms with Gasteiger partial charge in [0.1, 0.15) is 11.4 Å². The van der Waals surface area contributed by atoms with Crippen molar-refractivity contribution in [3.05, 3.63) is 56.5 Å². The summed E-state index contributed by atoms with van der Waals surface area (Å²) in [5, 5.41) is 0.592. The molecule has 1 aliphatic rings. The summed E-state index contributed by atoms with van der Waals surface area (Å²) in [5.74, 6) is 0. The van der Waals surface area contributed by atoms with Crippen molar-refractivity contribution in [1.82, 2.24) is 13.5 Å². The number of alkyl halides is 3. The highest BCUT2D eigenvalue weighted by Gasteiger charge is 2.50. The van der Waals surface area contributed by atoms with E-state index in [1.54, 1.807) is 6.07 Å². The maximum absolute atomic E-state index is 13.1. The number of aromatic nitrogens is 3. The van der Waals surface area contributed by atoms with Gasteiger partial charge < -0.3 is 9.47 Å². The van der Waals surface area contributed by atoms with E-state index in [0.717, 1.165) is 11.7 Å². The Morgan fingerprint density at radius 2 is 1.68 bits per heavy atom. The van der Waals surface area contributed by atoms with Gasteiger partial charge in [-0.3, -0.25) is 9.36 Å². The average Bonchev–Trinajstić information content (AvgIpc) is 3.14. The Labute approximate surface area is 178 Å². The first-order chi connectivity index (χ1) is 14.2. The smallest absolute Gasteiger partial charge is 0.338 e. The van der Waals surface area contributed by atoms with E-state index in [-0.39, 0.29) is 5.69 Å². The summed E-state index contributed by atoms with van der Waals surface area (Å²) < 4.78 is 57.7. The van der Waals surface area contributed by atoms with Gasteiger partial charge in [0.2, 0.25) is 6.29 Å². The Hall–Kier alpha value is -2.50. The summed E-state index contributed by atoms with van der Waals surface area (Å²) in [6, 6.07) is 5.09. The second-order valence-corrected chi connectivity index (χ2v) is 9.18. The molecule has 1 saturated heterocycles. The Bertz CT molecular complexity index is 1290. The fraction of sp³-hybridized carbons (Fsp3) is 0.450. The lowest BCUT2D eigenvalue weighted by atomic mass is 9.90. The van der Waals surface area contributed by atoms with Crippen molar-refractivity contribution in [3.63, 3.8) is 0 Å². The molecule has 0 aliphatic carbocycles. The molecule has 0 bridgehead atoms. The van der Waals surface area contributed by atoms with Crippen LogP contribution in [0.15, 0.2) is 33.9 Å². The van der Waals surface area contributed by atoms with Crippen LogP contribution in [0, 0.1) is 0 Å². The molecule has 7 nitrogen and oxygen atoms in total. The lowest BCUT2D eigenvalue weighted by Crippen LogP contribution is -2.41. The Morgan fingerprint density at radius 1 is 1.06 bits per heavy atom.